The summed E-state index contributed by atoms with van der Waals surface area (Å²) in [6.45, 7) is 0.898. The van der Waals surface area contributed by atoms with Crippen LogP contribution in [-0.2, 0) is 10.0 Å². The molecule has 0 unspecified atom stereocenters. The van der Waals surface area contributed by atoms with Crippen molar-refractivity contribution in [1.29, 1.82) is 0 Å². The van der Waals surface area contributed by atoms with E-state index in [1.54, 1.807) is 23.1 Å². The molecular weight excluding hydrogens is 474 g/mol. The van der Waals surface area contributed by atoms with Crippen LogP contribution in [-0.4, -0.2) is 55.5 Å². The third-order valence-electron chi connectivity index (χ3n) is 4.31. The number of alkyl halides is 2. The van der Waals surface area contributed by atoms with Crippen molar-refractivity contribution in [3.05, 3.63) is 58.6 Å². The lowest BCUT2D eigenvalue weighted by Crippen LogP contribution is -2.50. The minimum absolute atomic E-state index is 0.189. The number of nitrogens with zero attached hydrogens (tertiary/aromatic N) is 2. The van der Waals surface area contributed by atoms with Crippen molar-refractivity contribution in [3.63, 3.8) is 0 Å². The van der Waals surface area contributed by atoms with Gasteiger partial charge in [0, 0.05) is 41.1 Å². The Kier molecular flexibility index (Phi) is 6.74. The van der Waals surface area contributed by atoms with Crippen LogP contribution in [0.4, 0.5) is 8.78 Å². The molecule has 0 atom stereocenters. The molecule has 2 aromatic rings. The Bertz CT molecular complexity index is 948. The van der Waals surface area contributed by atoms with Crippen molar-refractivity contribution in [2.45, 2.75) is 15.5 Å². The van der Waals surface area contributed by atoms with Crippen LogP contribution >= 0.6 is 27.7 Å². The summed E-state index contributed by atoms with van der Waals surface area (Å²) in [5, 5.41) is 0. The zero-order chi connectivity index (χ0) is 20.3. The van der Waals surface area contributed by atoms with Gasteiger partial charge in [-0.05, 0) is 52.3 Å². The van der Waals surface area contributed by atoms with E-state index in [0.29, 0.717) is 26.7 Å². The lowest BCUT2D eigenvalue weighted by molar-refractivity contribution is 0.0698. The number of benzene rings is 2. The van der Waals surface area contributed by atoms with Gasteiger partial charge in [0.1, 0.15) is 0 Å². The number of carbonyl (C=O) groups is 1. The van der Waals surface area contributed by atoms with Crippen LogP contribution in [0.3, 0.4) is 0 Å². The van der Waals surface area contributed by atoms with Gasteiger partial charge in [0.05, 0.1) is 4.90 Å². The zero-order valence-corrected chi connectivity index (χ0v) is 17.8. The highest BCUT2D eigenvalue weighted by atomic mass is 79.9. The number of rotatable bonds is 5. The van der Waals surface area contributed by atoms with Gasteiger partial charge in [-0.25, -0.2) is 8.42 Å². The first-order chi connectivity index (χ1) is 13.3. The molecular formula is C18H17BrF2N2O3S2. The molecule has 1 aliphatic rings. The molecule has 0 bridgehead atoms. The fourth-order valence-electron chi connectivity index (χ4n) is 2.89. The van der Waals surface area contributed by atoms with E-state index in [2.05, 4.69) is 15.9 Å². The van der Waals surface area contributed by atoms with E-state index in [1.807, 2.05) is 0 Å². The average molecular weight is 491 g/mol. The Morgan fingerprint density at radius 1 is 1.00 bits per heavy atom. The van der Waals surface area contributed by atoms with Crippen molar-refractivity contribution < 1.29 is 22.0 Å². The van der Waals surface area contributed by atoms with E-state index in [1.165, 1.54) is 34.6 Å². The number of carbonyl (C=O) groups excluding carboxylic acids is 1. The summed E-state index contributed by atoms with van der Waals surface area (Å²) in [5.74, 6) is -2.76. The summed E-state index contributed by atoms with van der Waals surface area (Å²) in [4.78, 5) is 14.8. The molecule has 0 aromatic heterocycles. The first-order valence-corrected chi connectivity index (χ1v) is 11.5. The summed E-state index contributed by atoms with van der Waals surface area (Å²) < 4.78 is 52.2. The standard InChI is InChI=1S/C18H17BrF2N2O3S2/c19-15-3-1-2-4-16(15)28(25,26)23-11-9-22(10-12-23)17(24)13-5-7-14(8-6-13)27-18(20)21/h1-8,18H,9-12H2. The summed E-state index contributed by atoms with van der Waals surface area (Å²) in [7, 11) is -3.65. The van der Waals surface area contributed by atoms with Crippen molar-refractivity contribution >= 4 is 43.6 Å². The van der Waals surface area contributed by atoms with Gasteiger partial charge in [0.25, 0.3) is 11.7 Å². The second kappa shape index (κ2) is 8.89. The molecule has 28 heavy (non-hydrogen) atoms. The molecule has 0 N–H and O–H groups in total. The van der Waals surface area contributed by atoms with E-state index in [-0.39, 0.29) is 37.0 Å². The quantitative estimate of drug-likeness (QED) is 0.596. The summed E-state index contributed by atoms with van der Waals surface area (Å²) in [6.07, 6.45) is 0. The summed E-state index contributed by atoms with van der Waals surface area (Å²) in [5.41, 5.74) is 0.390. The molecule has 3 rings (SSSR count). The lowest BCUT2D eigenvalue weighted by atomic mass is 10.2. The number of sulfonamides is 1. The number of halogens is 3. The highest BCUT2D eigenvalue weighted by molar-refractivity contribution is 9.10. The molecule has 2 aromatic carbocycles. The molecule has 5 nitrogen and oxygen atoms in total. The van der Waals surface area contributed by atoms with Crippen molar-refractivity contribution in [2.75, 3.05) is 26.2 Å². The van der Waals surface area contributed by atoms with E-state index >= 15 is 0 Å². The molecule has 1 aliphatic heterocycles. The summed E-state index contributed by atoms with van der Waals surface area (Å²) in [6, 6.07) is 12.6. The molecule has 1 fully saturated rings. The Hall–Kier alpha value is -1.49. The third kappa shape index (κ3) is 4.73. The Labute approximate surface area is 174 Å². The Balaban J connectivity index is 1.65. The van der Waals surface area contributed by atoms with E-state index < -0.39 is 15.8 Å². The Morgan fingerprint density at radius 3 is 2.18 bits per heavy atom. The second-order valence-electron chi connectivity index (χ2n) is 6.03. The van der Waals surface area contributed by atoms with Gasteiger partial charge in [0.15, 0.2) is 0 Å². The average Bonchev–Trinajstić information content (AvgIpc) is 2.68. The van der Waals surface area contributed by atoms with Gasteiger partial charge in [-0.1, -0.05) is 23.9 Å². The topological polar surface area (TPSA) is 57.7 Å². The molecule has 10 heteroatoms. The van der Waals surface area contributed by atoms with Crippen molar-refractivity contribution in [1.82, 2.24) is 9.21 Å². The highest BCUT2D eigenvalue weighted by Crippen LogP contribution is 2.27. The largest absolute Gasteiger partial charge is 0.336 e. The van der Waals surface area contributed by atoms with Crippen LogP contribution in [0.1, 0.15) is 10.4 Å². The predicted octanol–water partition coefficient (Wildman–Crippen LogP) is 3.91. The normalized spacial score (nSPS) is 15.8. The molecule has 0 aliphatic carbocycles. The SMILES string of the molecule is O=C(c1ccc(SC(F)F)cc1)N1CCN(S(=O)(=O)c2ccccc2Br)CC1. The number of hydrogen-bond acceptors (Lipinski definition) is 4. The van der Waals surface area contributed by atoms with Gasteiger partial charge in [-0.3, -0.25) is 4.79 Å². The molecule has 0 radical (unpaired) electrons. The number of piperazine rings is 1. The first kappa shape index (κ1) is 21.2. The number of hydrogen-bond donors (Lipinski definition) is 0. The van der Waals surface area contributed by atoms with Crippen LogP contribution in [0.25, 0.3) is 0 Å². The highest BCUT2D eigenvalue weighted by Gasteiger charge is 2.31. The second-order valence-corrected chi connectivity index (χ2v) is 9.85. The fraction of sp³-hybridized carbons (Fsp3) is 0.278. The maximum absolute atomic E-state index is 12.8. The van der Waals surface area contributed by atoms with E-state index in [9.17, 15) is 22.0 Å². The fourth-order valence-corrected chi connectivity index (χ4v) is 5.77. The number of amides is 1. The van der Waals surface area contributed by atoms with Crippen LogP contribution < -0.4 is 0 Å². The zero-order valence-electron chi connectivity index (χ0n) is 14.6. The van der Waals surface area contributed by atoms with Gasteiger partial charge >= 0.3 is 0 Å². The number of thioether (sulfide) groups is 1. The minimum Gasteiger partial charge on any atom is -0.336 e. The smallest absolute Gasteiger partial charge is 0.288 e. The van der Waals surface area contributed by atoms with Gasteiger partial charge in [-0.15, -0.1) is 0 Å². The van der Waals surface area contributed by atoms with Crippen LogP contribution in [0, 0.1) is 0 Å². The maximum Gasteiger partial charge on any atom is 0.288 e. The van der Waals surface area contributed by atoms with Crippen molar-refractivity contribution in [3.8, 4) is 0 Å². The van der Waals surface area contributed by atoms with Gasteiger partial charge in [0.2, 0.25) is 10.0 Å². The van der Waals surface area contributed by atoms with Crippen molar-refractivity contribution in [2.24, 2.45) is 0 Å². The van der Waals surface area contributed by atoms with Gasteiger partial charge in [-0.2, -0.15) is 13.1 Å². The van der Waals surface area contributed by atoms with Crippen LogP contribution in [0.15, 0.2) is 62.8 Å². The monoisotopic (exact) mass is 490 g/mol. The maximum atomic E-state index is 12.8. The van der Waals surface area contributed by atoms with Crippen LogP contribution in [0.2, 0.25) is 0 Å². The van der Waals surface area contributed by atoms with Gasteiger partial charge < -0.3 is 4.90 Å². The van der Waals surface area contributed by atoms with Crippen LogP contribution in [0.5, 0.6) is 0 Å². The molecule has 0 spiro atoms. The summed E-state index contributed by atoms with van der Waals surface area (Å²) >= 11 is 3.69. The molecule has 150 valence electrons. The molecule has 0 saturated carbocycles. The Morgan fingerprint density at radius 2 is 1.61 bits per heavy atom. The third-order valence-corrected chi connectivity index (χ3v) is 7.94. The molecule has 1 saturated heterocycles. The molecule has 1 amide bonds. The predicted molar refractivity (Wildman–Crippen MR) is 107 cm³/mol. The molecule has 1 heterocycles. The van der Waals surface area contributed by atoms with E-state index in [4.69, 9.17) is 0 Å². The first-order valence-electron chi connectivity index (χ1n) is 8.38. The van der Waals surface area contributed by atoms with E-state index in [0.717, 1.165) is 0 Å². The lowest BCUT2D eigenvalue weighted by Gasteiger charge is -2.34. The minimum atomic E-state index is -3.65.